The zero-order valence-electron chi connectivity index (χ0n) is 13.4. The number of amides is 1. The van der Waals surface area contributed by atoms with E-state index in [9.17, 15) is 23.1 Å². The topological polar surface area (TPSA) is 52.9 Å². The predicted octanol–water partition coefficient (Wildman–Crippen LogP) is 3.88. The first-order valence-electron chi connectivity index (χ1n) is 7.70. The van der Waals surface area contributed by atoms with Crippen LogP contribution in [-0.2, 0) is 11.2 Å². The van der Waals surface area contributed by atoms with Crippen molar-refractivity contribution in [2.75, 3.05) is 0 Å². The number of rotatable bonds is 3. The molecule has 0 aliphatic carbocycles. The minimum atomic E-state index is -5.05. The third-order valence-corrected chi connectivity index (χ3v) is 4.52. The molecule has 1 heterocycles. The van der Waals surface area contributed by atoms with Crippen molar-refractivity contribution in [2.24, 2.45) is 5.10 Å². The number of hydrogen-bond acceptors (Lipinski definition) is 3. The Morgan fingerprint density at radius 1 is 1.19 bits per heavy atom. The normalized spacial score (nSPS) is 20.2. The van der Waals surface area contributed by atoms with E-state index in [-0.39, 0.29) is 17.1 Å². The second kappa shape index (κ2) is 6.85. The summed E-state index contributed by atoms with van der Waals surface area (Å²) in [5.41, 5.74) is -2.44. The van der Waals surface area contributed by atoms with E-state index in [1.54, 1.807) is 54.6 Å². The Labute approximate surface area is 156 Å². The molecular formula is C18H14BrF3N2O2. The van der Waals surface area contributed by atoms with Crippen LogP contribution in [0.5, 0.6) is 0 Å². The van der Waals surface area contributed by atoms with Crippen molar-refractivity contribution in [3.05, 3.63) is 70.2 Å². The van der Waals surface area contributed by atoms with Gasteiger partial charge in [0.1, 0.15) is 0 Å². The molecule has 8 heteroatoms. The summed E-state index contributed by atoms with van der Waals surface area (Å²) in [6, 6.07) is 14.9. The second-order valence-corrected chi connectivity index (χ2v) is 6.83. The SMILES string of the molecule is O=C(Cc1ccccc1)N1N=C(c2cccc(Br)c2)C[C@]1(O)C(F)(F)F. The first kappa shape index (κ1) is 18.6. The fraction of sp³-hybridized carbons (Fsp3) is 0.222. The smallest absolute Gasteiger partial charge is 0.362 e. The Balaban J connectivity index is 1.96. The quantitative estimate of drug-likeness (QED) is 0.809. The molecule has 0 fully saturated rings. The highest BCUT2D eigenvalue weighted by atomic mass is 79.9. The van der Waals surface area contributed by atoms with Crippen molar-refractivity contribution < 1.29 is 23.1 Å². The zero-order valence-corrected chi connectivity index (χ0v) is 15.0. The number of benzene rings is 2. The van der Waals surface area contributed by atoms with Crippen LogP contribution in [-0.4, -0.2) is 33.6 Å². The largest absolute Gasteiger partial charge is 0.438 e. The van der Waals surface area contributed by atoms with Crippen LogP contribution in [0.2, 0.25) is 0 Å². The maximum Gasteiger partial charge on any atom is 0.438 e. The van der Waals surface area contributed by atoms with Crippen molar-refractivity contribution in [1.82, 2.24) is 5.01 Å². The van der Waals surface area contributed by atoms with Crippen LogP contribution in [0.3, 0.4) is 0 Å². The molecule has 0 aromatic heterocycles. The summed E-state index contributed by atoms with van der Waals surface area (Å²) >= 11 is 3.25. The molecule has 1 N–H and O–H groups in total. The Bertz CT molecular complexity index is 855. The van der Waals surface area contributed by atoms with E-state index in [0.717, 1.165) is 0 Å². The average Bonchev–Trinajstić information content (AvgIpc) is 2.95. The molecule has 3 rings (SSSR count). The lowest BCUT2D eigenvalue weighted by Gasteiger charge is -2.32. The Hall–Kier alpha value is -2.19. The third kappa shape index (κ3) is 3.52. The molecule has 1 atom stereocenters. The van der Waals surface area contributed by atoms with Gasteiger partial charge in [0.2, 0.25) is 5.91 Å². The van der Waals surface area contributed by atoms with Gasteiger partial charge in [-0.2, -0.15) is 23.3 Å². The number of carbonyl (C=O) groups is 1. The standard InChI is InChI=1S/C18H14BrF3N2O2/c19-14-8-4-7-13(10-14)15-11-17(26,18(20,21)22)24(23-15)16(25)9-12-5-2-1-3-6-12/h1-8,10,26H,9,11H2/t17-/m0/s1. The molecule has 0 bridgehead atoms. The predicted molar refractivity (Wildman–Crippen MR) is 93.3 cm³/mol. The molecule has 1 aliphatic rings. The molecule has 26 heavy (non-hydrogen) atoms. The average molecular weight is 427 g/mol. The molecule has 0 radical (unpaired) electrons. The maximum atomic E-state index is 13.5. The fourth-order valence-electron chi connectivity index (χ4n) is 2.70. The van der Waals surface area contributed by atoms with Gasteiger partial charge in [-0.3, -0.25) is 4.79 Å². The number of carbonyl (C=O) groups excluding carboxylic acids is 1. The lowest BCUT2D eigenvalue weighted by atomic mass is 10.0. The first-order chi connectivity index (χ1) is 12.2. The minimum absolute atomic E-state index is 0.00691. The zero-order chi connectivity index (χ0) is 18.9. The van der Waals surface area contributed by atoms with Gasteiger partial charge in [-0.05, 0) is 23.3 Å². The van der Waals surface area contributed by atoms with Crippen LogP contribution in [0.25, 0.3) is 0 Å². The Kier molecular flexibility index (Phi) is 4.90. The number of alkyl halides is 3. The van der Waals surface area contributed by atoms with E-state index in [2.05, 4.69) is 21.0 Å². The minimum Gasteiger partial charge on any atom is -0.362 e. The molecule has 1 amide bonds. The molecule has 1 aliphatic heterocycles. The summed E-state index contributed by atoms with van der Waals surface area (Å²) in [7, 11) is 0. The number of aliphatic hydroxyl groups is 1. The van der Waals surface area contributed by atoms with Crippen molar-refractivity contribution in [3.63, 3.8) is 0 Å². The third-order valence-electron chi connectivity index (χ3n) is 4.03. The summed E-state index contributed by atoms with van der Waals surface area (Å²) in [6.45, 7) is 0. The number of hydrogen-bond donors (Lipinski definition) is 1. The summed E-state index contributed by atoms with van der Waals surface area (Å²) in [5, 5.41) is 14.3. The van der Waals surface area contributed by atoms with Crippen molar-refractivity contribution in [2.45, 2.75) is 24.7 Å². The van der Waals surface area contributed by atoms with Crippen LogP contribution in [0.1, 0.15) is 17.5 Å². The van der Waals surface area contributed by atoms with E-state index >= 15 is 0 Å². The first-order valence-corrected chi connectivity index (χ1v) is 8.49. The highest BCUT2D eigenvalue weighted by Gasteiger charge is 2.63. The van der Waals surface area contributed by atoms with Crippen molar-refractivity contribution in [3.8, 4) is 0 Å². The van der Waals surface area contributed by atoms with E-state index < -0.39 is 24.2 Å². The van der Waals surface area contributed by atoms with Gasteiger partial charge < -0.3 is 5.11 Å². The molecule has 0 saturated heterocycles. The van der Waals surface area contributed by atoms with Crippen LogP contribution in [0.4, 0.5) is 13.2 Å². The van der Waals surface area contributed by atoms with Crippen molar-refractivity contribution >= 4 is 27.5 Å². The van der Waals surface area contributed by atoms with E-state index in [1.165, 1.54) is 0 Å². The Morgan fingerprint density at radius 2 is 1.88 bits per heavy atom. The summed E-state index contributed by atoms with van der Waals surface area (Å²) in [5.74, 6) is -0.930. The summed E-state index contributed by atoms with van der Waals surface area (Å²) in [4.78, 5) is 12.5. The highest BCUT2D eigenvalue weighted by Crippen LogP contribution is 2.41. The van der Waals surface area contributed by atoms with Gasteiger partial charge in [-0.25, -0.2) is 0 Å². The van der Waals surface area contributed by atoms with Crippen LogP contribution in [0, 0.1) is 0 Å². The van der Waals surface area contributed by atoms with Gasteiger partial charge in [0, 0.05) is 4.47 Å². The van der Waals surface area contributed by atoms with Crippen LogP contribution in [0.15, 0.2) is 64.2 Å². The van der Waals surface area contributed by atoms with Crippen LogP contribution >= 0.6 is 15.9 Å². The van der Waals surface area contributed by atoms with E-state index in [4.69, 9.17) is 0 Å². The number of nitrogens with zero attached hydrogens (tertiary/aromatic N) is 2. The van der Waals surface area contributed by atoms with Gasteiger partial charge in [0.25, 0.3) is 5.72 Å². The van der Waals surface area contributed by atoms with Crippen LogP contribution < -0.4 is 0 Å². The lowest BCUT2D eigenvalue weighted by Crippen LogP contribution is -2.57. The molecule has 0 spiro atoms. The molecule has 2 aromatic carbocycles. The second-order valence-electron chi connectivity index (χ2n) is 5.92. The molecule has 4 nitrogen and oxygen atoms in total. The molecule has 0 unspecified atom stereocenters. The lowest BCUT2D eigenvalue weighted by molar-refractivity contribution is -0.302. The van der Waals surface area contributed by atoms with Gasteiger partial charge in [-0.15, -0.1) is 0 Å². The molecule has 2 aromatic rings. The number of halogens is 4. The molecule has 0 saturated carbocycles. The van der Waals surface area contributed by atoms with Crippen molar-refractivity contribution in [1.29, 1.82) is 0 Å². The summed E-state index contributed by atoms with van der Waals surface area (Å²) < 4.78 is 41.3. The molecular weight excluding hydrogens is 413 g/mol. The van der Waals surface area contributed by atoms with E-state index in [1.807, 2.05) is 0 Å². The maximum absolute atomic E-state index is 13.5. The van der Waals surface area contributed by atoms with Gasteiger partial charge in [0.05, 0.1) is 18.6 Å². The van der Waals surface area contributed by atoms with Gasteiger partial charge >= 0.3 is 6.18 Å². The van der Waals surface area contributed by atoms with Gasteiger partial charge in [0.15, 0.2) is 0 Å². The monoisotopic (exact) mass is 426 g/mol. The summed E-state index contributed by atoms with van der Waals surface area (Å²) in [6.07, 6.45) is -6.17. The molecule has 136 valence electrons. The van der Waals surface area contributed by atoms with Gasteiger partial charge in [-0.1, -0.05) is 58.4 Å². The fourth-order valence-corrected chi connectivity index (χ4v) is 3.10. The number of hydrazone groups is 1. The Morgan fingerprint density at radius 3 is 2.50 bits per heavy atom. The highest BCUT2D eigenvalue weighted by molar-refractivity contribution is 9.10. The van der Waals surface area contributed by atoms with E-state index in [0.29, 0.717) is 15.6 Å².